The molecule has 0 aromatic heterocycles. The highest BCUT2D eigenvalue weighted by Crippen LogP contribution is 2.43. The first-order valence-corrected chi connectivity index (χ1v) is 25.8. The lowest BCUT2D eigenvalue weighted by molar-refractivity contribution is -0.153. The number of allylic oxidation sites excluding steroid dienone is 9. The standard InChI is InChI=1S/C50H92NO7P/c1-3-5-7-9-11-13-15-17-19-20-21-22-23-24-25-26-27-28-30-32-34-36-38-40-42-45-55-47-49(48-57-59(53,54)56-46-44-51)58-50(52)43-41-39-37-35-33-31-29-18-16-14-12-10-8-6-4-2/h6,8,12,14,18,29,33,35,39,41,49H,3-5,7,9-11,13,15-17,19-28,30-32,34,36-38,40,42-48,51H2,1-2H3,(H,53,54)/b8-6-,14-12-,29-18-,35-33-,41-39-. The van der Waals surface area contributed by atoms with Crippen LogP contribution in [-0.4, -0.2) is 49.9 Å². The van der Waals surface area contributed by atoms with E-state index < -0.39 is 19.9 Å². The van der Waals surface area contributed by atoms with Crippen molar-refractivity contribution in [3.63, 3.8) is 0 Å². The number of carbonyl (C=O) groups excluding carboxylic acids is 1. The lowest BCUT2D eigenvalue weighted by Crippen LogP contribution is -2.28. The summed E-state index contributed by atoms with van der Waals surface area (Å²) >= 11 is 0. The van der Waals surface area contributed by atoms with E-state index in [4.69, 9.17) is 24.3 Å². The number of rotatable bonds is 46. The smallest absolute Gasteiger partial charge is 0.457 e. The molecule has 0 heterocycles. The topological polar surface area (TPSA) is 117 Å². The van der Waals surface area contributed by atoms with Crippen molar-refractivity contribution < 1.29 is 32.8 Å². The summed E-state index contributed by atoms with van der Waals surface area (Å²) in [5.41, 5.74) is 5.37. The van der Waals surface area contributed by atoms with E-state index in [0.29, 0.717) is 13.0 Å². The molecule has 0 radical (unpaired) electrons. The van der Waals surface area contributed by atoms with Crippen molar-refractivity contribution in [1.29, 1.82) is 0 Å². The predicted octanol–water partition coefficient (Wildman–Crippen LogP) is 14.9. The molecule has 344 valence electrons. The Morgan fingerprint density at radius 3 is 1.27 bits per heavy atom. The Balaban J connectivity index is 3.96. The van der Waals surface area contributed by atoms with E-state index in [1.165, 1.54) is 148 Å². The Hall–Kier alpha value is -1.80. The van der Waals surface area contributed by atoms with Gasteiger partial charge in [-0.25, -0.2) is 4.57 Å². The predicted molar refractivity (Wildman–Crippen MR) is 252 cm³/mol. The Morgan fingerprint density at radius 2 is 0.881 bits per heavy atom. The maximum Gasteiger partial charge on any atom is 0.472 e. The van der Waals surface area contributed by atoms with Gasteiger partial charge in [-0.1, -0.05) is 229 Å². The van der Waals surface area contributed by atoms with E-state index >= 15 is 0 Å². The number of phosphoric ester groups is 1. The maximum atomic E-state index is 12.5. The molecule has 0 aromatic rings. The Morgan fingerprint density at radius 1 is 0.508 bits per heavy atom. The van der Waals surface area contributed by atoms with Crippen molar-refractivity contribution in [3.8, 4) is 0 Å². The fourth-order valence-electron chi connectivity index (χ4n) is 6.72. The van der Waals surface area contributed by atoms with Crippen LogP contribution in [-0.2, 0) is 27.9 Å². The highest BCUT2D eigenvalue weighted by molar-refractivity contribution is 7.47. The van der Waals surface area contributed by atoms with Crippen LogP contribution in [0.5, 0.6) is 0 Å². The summed E-state index contributed by atoms with van der Waals surface area (Å²) in [4.78, 5) is 22.4. The number of nitrogens with two attached hydrogens (primary N) is 1. The SMILES string of the molecule is CC/C=C\C/C=C\C/C=C\C/C=C\C/C=C\CC(=O)OC(COCCCCCCCCCCCCCCCCCCCCCCCCCCC)COP(=O)(O)OCCN. The van der Waals surface area contributed by atoms with E-state index in [2.05, 4.69) is 62.5 Å². The van der Waals surface area contributed by atoms with Crippen LogP contribution >= 0.6 is 7.82 Å². The zero-order chi connectivity index (χ0) is 43.0. The Kier molecular flexibility index (Phi) is 45.8. The fraction of sp³-hybridized carbons (Fsp3) is 0.780. The van der Waals surface area contributed by atoms with Crippen LogP contribution in [0.2, 0.25) is 0 Å². The number of esters is 1. The molecule has 0 amide bonds. The first-order valence-electron chi connectivity index (χ1n) is 24.3. The lowest BCUT2D eigenvalue weighted by Gasteiger charge is -2.19. The van der Waals surface area contributed by atoms with Crippen molar-refractivity contribution in [1.82, 2.24) is 0 Å². The van der Waals surface area contributed by atoms with Crippen LogP contribution in [0, 0.1) is 0 Å². The molecule has 0 aliphatic rings. The maximum absolute atomic E-state index is 12.5. The molecule has 2 unspecified atom stereocenters. The number of phosphoric acid groups is 1. The molecule has 3 N–H and O–H groups in total. The zero-order valence-electron chi connectivity index (χ0n) is 38.2. The quantitative estimate of drug-likeness (QED) is 0.0269. The van der Waals surface area contributed by atoms with Gasteiger partial charge in [0.1, 0.15) is 6.10 Å². The molecule has 0 aromatic carbocycles. The number of ether oxygens (including phenoxy) is 2. The Bertz CT molecular complexity index is 1090. The first kappa shape index (κ1) is 57.2. The number of hydrogen-bond donors (Lipinski definition) is 2. The third kappa shape index (κ3) is 47.1. The normalized spacial score (nSPS) is 13.9. The number of hydrogen-bond acceptors (Lipinski definition) is 7. The summed E-state index contributed by atoms with van der Waals surface area (Å²) in [6.07, 6.45) is 58.7. The zero-order valence-corrected chi connectivity index (χ0v) is 39.1. The van der Waals surface area contributed by atoms with Crippen LogP contribution in [0.3, 0.4) is 0 Å². The minimum absolute atomic E-state index is 0.0771. The van der Waals surface area contributed by atoms with E-state index in [0.717, 1.165) is 38.5 Å². The summed E-state index contributed by atoms with van der Waals surface area (Å²) in [5.74, 6) is -0.454. The fourth-order valence-corrected chi connectivity index (χ4v) is 7.49. The summed E-state index contributed by atoms with van der Waals surface area (Å²) < 4.78 is 33.4. The molecule has 0 aliphatic carbocycles. The number of unbranched alkanes of at least 4 members (excludes halogenated alkanes) is 24. The van der Waals surface area contributed by atoms with Gasteiger partial charge in [-0.2, -0.15) is 0 Å². The van der Waals surface area contributed by atoms with Crippen LogP contribution in [0.1, 0.15) is 213 Å². The van der Waals surface area contributed by atoms with Gasteiger partial charge in [-0.3, -0.25) is 13.8 Å². The van der Waals surface area contributed by atoms with Crippen molar-refractivity contribution in [3.05, 3.63) is 60.8 Å². The van der Waals surface area contributed by atoms with Gasteiger partial charge in [0.2, 0.25) is 0 Å². The molecule has 0 spiro atoms. The van der Waals surface area contributed by atoms with Gasteiger partial charge in [0.25, 0.3) is 0 Å². The second-order valence-electron chi connectivity index (χ2n) is 16.0. The molecule has 0 fully saturated rings. The summed E-state index contributed by atoms with van der Waals surface area (Å²) in [5, 5.41) is 0. The van der Waals surface area contributed by atoms with E-state index in [1.807, 2.05) is 6.08 Å². The third-order valence-corrected chi connectivity index (χ3v) is 11.2. The highest BCUT2D eigenvalue weighted by atomic mass is 31.2. The summed E-state index contributed by atoms with van der Waals surface area (Å²) in [6, 6.07) is 0. The average Bonchev–Trinajstić information content (AvgIpc) is 3.23. The largest absolute Gasteiger partial charge is 0.472 e. The molecule has 0 saturated heterocycles. The third-order valence-electron chi connectivity index (χ3n) is 10.2. The lowest BCUT2D eigenvalue weighted by atomic mass is 10.0. The Labute approximate surface area is 363 Å². The van der Waals surface area contributed by atoms with E-state index in [-0.39, 0.29) is 32.8 Å². The van der Waals surface area contributed by atoms with Gasteiger partial charge in [-0.15, -0.1) is 0 Å². The first-order chi connectivity index (χ1) is 28.9. The molecule has 0 aliphatic heterocycles. The molecule has 0 saturated carbocycles. The molecule has 2 atom stereocenters. The van der Waals surface area contributed by atoms with Gasteiger partial charge < -0.3 is 20.1 Å². The van der Waals surface area contributed by atoms with Gasteiger partial charge in [-0.05, 0) is 38.5 Å². The van der Waals surface area contributed by atoms with Gasteiger partial charge in [0.05, 0.1) is 26.2 Å². The van der Waals surface area contributed by atoms with Crippen LogP contribution in [0.25, 0.3) is 0 Å². The van der Waals surface area contributed by atoms with Gasteiger partial charge in [0.15, 0.2) is 0 Å². The molecule has 9 heteroatoms. The molecule has 0 rings (SSSR count). The second kappa shape index (κ2) is 47.3. The molecular formula is C50H92NO7P. The summed E-state index contributed by atoms with van der Waals surface area (Å²) in [7, 11) is -4.30. The van der Waals surface area contributed by atoms with Gasteiger partial charge >= 0.3 is 13.8 Å². The number of carbonyl (C=O) groups is 1. The van der Waals surface area contributed by atoms with Gasteiger partial charge in [0, 0.05) is 13.2 Å². The van der Waals surface area contributed by atoms with Crippen LogP contribution in [0.15, 0.2) is 60.8 Å². The minimum Gasteiger partial charge on any atom is -0.457 e. The average molecular weight is 850 g/mol. The van der Waals surface area contributed by atoms with Crippen molar-refractivity contribution in [2.45, 2.75) is 219 Å². The molecular weight excluding hydrogens is 758 g/mol. The van der Waals surface area contributed by atoms with E-state index in [9.17, 15) is 14.3 Å². The summed E-state index contributed by atoms with van der Waals surface area (Å²) in [6.45, 7) is 4.70. The molecule has 59 heavy (non-hydrogen) atoms. The molecule has 8 nitrogen and oxygen atoms in total. The highest BCUT2D eigenvalue weighted by Gasteiger charge is 2.25. The minimum atomic E-state index is -4.30. The van der Waals surface area contributed by atoms with Crippen LogP contribution < -0.4 is 5.73 Å². The van der Waals surface area contributed by atoms with Crippen molar-refractivity contribution in [2.75, 3.05) is 33.0 Å². The van der Waals surface area contributed by atoms with Crippen molar-refractivity contribution in [2.24, 2.45) is 5.73 Å². The monoisotopic (exact) mass is 850 g/mol. The van der Waals surface area contributed by atoms with E-state index in [1.54, 1.807) is 6.08 Å². The van der Waals surface area contributed by atoms with Crippen LogP contribution in [0.4, 0.5) is 0 Å². The molecule has 0 bridgehead atoms. The second-order valence-corrected chi connectivity index (χ2v) is 17.4. The van der Waals surface area contributed by atoms with Crippen molar-refractivity contribution >= 4 is 13.8 Å².